The number of nitrogens with one attached hydrogen (secondary N) is 2. The van der Waals surface area contributed by atoms with E-state index >= 15 is 0 Å². The largest absolute Gasteiger partial charge is 0.494 e. The smallest absolute Gasteiger partial charge is 0.234 e. The molecule has 0 unspecified atom stereocenters. The van der Waals surface area contributed by atoms with E-state index in [-0.39, 0.29) is 36.5 Å². The summed E-state index contributed by atoms with van der Waals surface area (Å²) in [5.74, 6) is 1.42. The lowest BCUT2D eigenvalue weighted by Crippen LogP contribution is -2.47. The summed E-state index contributed by atoms with van der Waals surface area (Å²) in [6, 6.07) is 3.97. The summed E-state index contributed by atoms with van der Waals surface area (Å²) in [6.45, 7) is 13.6. The maximum atomic E-state index is 12.5. The van der Waals surface area contributed by atoms with Gasteiger partial charge in [0.05, 0.1) is 19.7 Å². The lowest BCUT2D eigenvalue weighted by molar-refractivity contribution is -0.125. The number of ether oxygens (including phenoxy) is 2. The molecule has 1 aliphatic heterocycles. The van der Waals surface area contributed by atoms with Gasteiger partial charge in [-0.25, -0.2) is 0 Å². The molecule has 2 amide bonds. The summed E-state index contributed by atoms with van der Waals surface area (Å²) in [4.78, 5) is 26.4. The first-order chi connectivity index (χ1) is 13.6. The molecule has 0 saturated heterocycles. The summed E-state index contributed by atoms with van der Waals surface area (Å²) in [5.41, 5.74) is 1.74. The Morgan fingerprint density at radius 1 is 1.21 bits per heavy atom. The lowest BCUT2D eigenvalue weighted by atomic mass is 10.1. The Morgan fingerprint density at radius 3 is 2.52 bits per heavy atom. The number of carbonyl (C=O) groups is 2. The van der Waals surface area contributed by atoms with Crippen LogP contribution in [0, 0.1) is 0 Å². The van der Waals surface area contributed by atoms with Crippen molar-refractivity contribution in [2.45, 2.75) is 66.2 Å². The van der Waals surface area contributed by atoms with E-state index in [0.29, 0.717) is 19.7 Å². The Morgan fingerprint density at radius 2 is 1.90 bits per heavy atom. The molecule has 0 fully saturated rings. The molecule has 1 aromatic carbocycles. The molecule has 1 atom stereocenters. The molecule has 1 heterocycles. The zero-order chi connectivity index (χ0) is 21.6. The minimum Gasteiger partial charge on any atom is -0.494 e. The SMILES string of the molecule is CCOc1cc2c(cc1CNC(=O)CN(CC)CC(=O)NC(C)(C)C)O[C@H](C)C2. The van der Waals surface area contributed by atoms with Crippen molar-refractivity contribution >= 4 is 11.8 Å². The van der Waals surface area contributed by atoms with Crippen LogP contribution in [-0.2, 0) is 22.6 Å². The summed E-state index contributed by atoms with van der Waals surface area (Å²) in [7, 11) is 0. The van der Waals surface area contributed by atoms with Crippen LogP contribution in [0.2, 0.25) is 0 Å². The Labute approximate surface area is 174 Å². The fourth-order valence-electron chi connectivity index (χ4n) is 3.30. The molecule has 162 valence electrons. The summed E-state index contributed by atoms with van der Waals surface area (Å²) in [6.07, 6.45) is 1.02. The molecule has 2 N–H and O–H groups in total. The third-order valence-electron chi connectivity index (χ3n) is 4.55. The van der Waals surface area contributed by atoms with Gasteiger partial charge in [0.1, 0.15) is 17.6 Å². The minimum atomic E-state index is -0.290. The first-order valence-electron chi connectivity index (χ1n) is 10.4. The van der Waals surface area contributed by atoms with Crippen LogP contribution in [0.3, 0.4) is 0 Å². The van der Waals surface area contributed by atoms with Gasteiger partial charge in [0.15, 0.2) is 0 Å². The van der Waals surface area contributed by atoms with E-state index in [4.69, 9.17) is 9.47 Å². The number of hydrogen-bond donors (Lipinski definition) is 2. The van der Waals surface area contributed by atoms with Crippen LogP contribution >= 0.6 is 0 Å². The number of fused-ring (bicyclic) bond motifs is 1. The Bertz CT molecular complexity index is 728. The highest BCUT2D eigenvalue weighted by Crippen LogP contribution is 2.35. The second-order valence-electron chi connectivity index (χ2n) is 8.51. The van der Waals surface area contributed by atoms with Crippen LogP contribution in [-0.4, -0.2) is 54.6 Å². The van der Waals surface area contributed by atoms with Gasteiger partial charge in [-0.05, 0) is 53.3 Å². The normalized spacial score (nSPS) is 15.6. The molecule has 0 saturated carbocycles. The van der Waals surface area contributed by atoms with Crippen molar-refractivity contribution in [3.63, 3.8) is 0 Å². The molecular weight excluding hydrogens is 370 g/mol. The Balaban J connectivity index is 1.94. The highest BCUT2D eigenvalue weighted by atomic mass is 16.5. The Hall–Kier alpha value is -2.28. The van der Waals surface area contributed by atoms with Crippen molar-refractivity contribution in [2.24, 2.45) is 0 Å². The van der Waals surface area contributed by atoms with E-state index < -0.39 is 0 Å². The average Bonchev–Trinajstić information content (AvgIpc) is 2.96. The molecule has 0 radical (unpaired) electrons. The topological polar surface area (TPSA) is 79.9 Å². The molecule has 2 rings (SSSR count). The van der Waals surface area contributed by atoms with Gasteiger partial charge < -0.3 is 20.1 Å². The van der Waals surface area contributed by atoms with Crippen LogP contribution in [0.4, 0.5) is 0 Å². The van der Waals surface area contributed by atoms with Crippen molar-refractivity contribution in [2.75, 3.05) is 26.2 Å². The van der Waals surface area contributed by atoms with E-state index in [9.17, 15) is 9.59 Å². The van der Waals surface area contributed by atoms with Gasteiger partial charge >= 0.3 is 0 Å². The summed E-state index contributed by atoms with van der Waals surface area (Å²) >= 11 is 0. The van der Waals surface area contributed by atoms with Gasteiger partial charge in [-0.2, -0.15) is 0 Å². The first kappa shape index (κ1) is 23.0. The van der Waals surface area contributed by atoms with Crippen molar-refractivity contribution in [3.8, 4) is 11.5 Å². The third-order valence-corrected chi connectivity index (χ3v) is 4.55. The van der Waals surface area contributed by atoms with Crippen LogP contribution in [0.5, 0.6) is 11.5 Å². The van der Waals surface area contributed by atoms with Crippen molar-refractivity contribution < 1.29 is 19.1 Å². The zero-order valence-electron chi connectivity index (χ0n) is 18.6. The monoisotopic (exact) mass is 405 g/mol. The average molecular weight is 406 g/mol. The lowest BCUT2D eigenvalue weighted by Gasteiger charge is -2.24. The van der Waals surface area contributed by atoms with E-state index in [0.717, 1.165) is 29.0 Å². The third kappa shape index (κ3) is 7.24. The van der Waals surface area contributed by atoms with Crippen molar-refractivity contribution in [1.82, 2.24) is 15.5 Å². The number of carbonyl (C=O) groups excluding carboxylic acids is 2. The van der Waals surface area contributed by atoms with E-state index in [1.165, 1.54) is 0 Å². The fraction of sp³-hybridized carbons (Fsp3) is 0.636. The fourth-order valence-corrected chi connectivity index (χ4v) is 3.30. The molecule has 7 nitrogen and oxygen atoms in total. The van der Waals surface area contributed by atoms with Crippen LogP contribution < -0.4 is 20.1 Å². The number of hydrogen-bond acceptors (Lipinski definition) is 5. The second-order valence-corrected chi connectivity index (χ2v) is 8.51. The first-order valence-corrected chi connectivity index (χ1v) is 10.4. The molecular formula is C22H35N3O4. The number of rotatable bonds is 9. The summed E-state index contributed by atoms with van der Waals surface area (Å²) in [5, 5.41) is 5.86. The van der Waals surface area contributed by atoms with E-state index in [1.807, 2.05) is 58.6 Å². The molecule has 0 spiro atoms. The number of benzene rings is 1. The summed E-state index contributed by atoms with van der Waals surface area (Å²) < 4.78 is 11.6. The zero-order valence-corrected chi connectivity index (χ0v) is 18.6. The van der Waals surface area contributed by atoms with Crippen molar-refractivity contribution in [1.29, 1.82) is 0 Å². The number of likely N-dealkylation sites (N-methyl/N-ethyl adjacent to an activating group) is 1. The second kappa shape index (κ2) is 9.96. The van der Waals surface area contributed by atoms with Gasteiger partial charge in [0.25, 0.3) is 0 Å². The number of nitrogens with zero attached hydrogens (tertiary/aromatic N) is 1. The molecule has 7 heteroatoms. The predicted molar refractivity (Wildman–Crippen MR) is 113 cm³/mol. The van der Waals surface area contributed by atoms with Crippen LogP contribution in [0.15, 0.2) is 12.1 Å². The molecule has 1 aliphatic rings. The molecule has 1 aromatic rings. The molecule has 29 heavy (non-hydrogen) atoms. The maximum absolute atomic E-state index is 12.5. The maximum Gasteiger partial charge on any atom is 0.234 e. The van der Waals surface area contributed by atoms with Crippen molar-refractivity contribution in [3.05, 3.63) is 23.3 Å². The van der Waals surface area contributed by atoms with Gasteiger partial charge in [-0.3, -0.25) is 14.5 Å². The Kier molecular flexibility index (Phi) is 7.90. The standard InChI is InChI=1S/C22H35N3O4/c1-7-25(14-21(27)24-22(4,5)6)13-20(26)23-12-17-11-19-16(9-15(3)29-19)10-18(17)28-8-2/h10-11,15H,7-9,12-14H2,1-6H3,(H,23,26)(H,24,27)/t15-/m1/s1. The number of amides is 2. The quantitative estimate of drug-likeness (QED) is 0.659. The van der Waals surface area contributed by atoms with E-state index in [2.05, 4.69) is 10.6 Å². The van der Waals surface area contributed by atoms with Crippen LogP contribution in [0.25, 0.3) is 0 Å². The van der Waals surface area contributed by atoms with Gasteiger partial charge in [0.2, 0.25) is 11.8 Å². The predicted octanol–water partition coefficient (Wildman–Crippen LogP) is 2.26. The van der Waals surface area contributed by atoms with Gasteiger partial charge in [-0.15, -0.1) is 0 Å². The highest BCUT2D eigenvalue weighted by Gasteiger charge is 2.22. The minimum absolute atomic E-state index is 0.0873. The van der Waals surface area contributed by atoms with Crippen LogP contribution in [0.1, 0.15) is 52.7 Å². The van der Waals surface area contributed by atoms with Gasteiger partial charge in [-0.1, -0.05) is 6.92 Å². The highest BCUT2D eigenvalue weighted by molar-refractivity contribution is 5.81. The van der Waals surface area contributed by atoms with E-state index in [1.54, 1.807) is 0 Å². The molecule has 0 aromatic heterocycles. The molecule has 0 aliphatic carbocycles. The molecule has 0 bridgehead atoms. The van der Waals surface area contributed by atoms with Gasteiger partial charge in [0, 0.05) is 29.6 Å².